The lowest BCUT2D eigenvalue weighted by molar-refractivity contribution is 0.303. The molecule has 0 bridgehead atoms. The summed E-state index contributed by atoms with van der Waals surface area (Å²) >= 11 is 0. The van der Waals surface area contributed by atoms with Crippen LogP contribution in [0.3, 0.4) is 0 Å². The van der Waals surface area contributed by atoms with Crippen molar-refractivity contribution in [2.45, 2.75) is 39.8 Å². The first-order valence-electron chi connectivity index (χ1n) is 9.79. The second-order valence-corrected chi connectivity index (χ2v) is 7.78. The van der Waals surface area contributed by atoms with Crippen molar-refractivity contribution in [1.82, 2.24) is 4.90 Å². The molecule has 0 unspecified atom stereocenters. The Labute approximate surface area is 171 Å². The molecule has 5 nitrogen and oxygen atoms in total. The predicted molar refractivity (Wildman–Crippen MR) is 116 cm³/mol. The van der Waals surface area contributed by atoms with Gasteiger partial charge in [0, 0.05) is 30.1 Å². The summed E-state index contributed by atoms with van der Waals surface area (Å²) in [7, 11) is 5.30. The molecule has 3 rings (SSSR count). The monoisotopic (exact) mass is 395 g/mol. The summed E-state index contributed by atoms with van der Waals surface area (Å²) in [6.07, 6.45) is 0. The second-order valence-electron chi connectivity index (χ2n) is 7.78. The SMILES string of the molecule is COc1cccc(CN(C)Cc2cc(=O)oc3cc(C)c(C(C)C)cc23)c1OC. The largest absolute Gasteiger partial charge is 0.493 e. The molecule has 29 heavy (non-hydrogen) atoms. The number of nitrogens with zero attached hydrogens (tertiary/aromatic N) is 1. The van der Waals surface area contributed by atoms with Gasteiger partial charge in [0.2, 0.25) is 0 Å². The number of rotatable bonds is 7. The highest BCUT2D eigenvalue weighted by atomic mass is 16.5. The van der Waals surface area contributed by atoms with Gasteiger partial charge in [0.25, 0.3) is 0 Å². The van der Waals surface area contributed by atoms with Gasteiger partial charge in [-0.2, -0.15) is 0 Å². The molecule has 0 fully saturated rings. The van der Waals surface area contributed by atoms with E-state index in [2.05, 4.69) is 31.7 Å². The van der Waals surface area contributed by atoms with Crippen LogP contribution in [0.4, 0.5) is 0 Å². The fraction of sp³-hybridized carbons (Fsp3) is 0.375. The highest BCUT2D eigenvalue weighted by Gasteiger charge is 2.15. The zero-order chi connectivity index (χ0) is 21.1. The van der Waals surface area contributed by atoms with E-state index in [1.165, 1.54) is 5.56 Å². The number of ether oxygens (including phenoxy) is 2. The van der Waals surface area contributed by atoms with Gasteiger partial charge in [-0.3, -0.25) is 4.90 Å². The molecule has 1 heterocycles. The molecule has 0 N–H and O–H groups in total. The lowest BCUT2D eigenvalue weighted by Gasteiger charge is -2.20. The van der Waals surface area contributed by atoms with Crippen molar-refractivity contribution in [1.29, 1.82) is 0 Å². The van der Waals surface area contributed by atoms with Crippen molar-refractivity contribution in [2.75, 3.05) is 21.3 Å². The molecular weight excluding hydrogens is 366 g/mol. The summed E-state index contributed by atoms with van der Waals surface area (Å²) in [6, 6.07) is 11.6. The van der Waals surface area contributed by atoms with Gasteiger partial charge in [-0.05, 0) is 54.8 Å². The smallest absolute Gasteiger partial charge is 0.336 e. The Kier molecular flexibility index (Phi) is 6.28. The Morgan fingerprint density at radius 2 is 1.76 bits per heavy atom. The van der Waals surface area contributed by atoms with E-state index in [1.54, 1.807) is 20.3 Å². The Hall–Kier alpha value is -2.79. The third kappa shape index (κ3) is 4.46. The third-order valence-corrected chi connectivity index (χ3v) is 5.20. The van der Waals surface area contributed by atoms with E-state index in [0.717, 1.165) is 27.8 Å². The van der Waals surface area contributed by atoms with E-state index in [4.69, 9.17) is 13.9 Å². The van der Waals surface area contributed by atoms with Crippen LogP contribution in [0.2, 0.25) is 0 Å². The topological polar surface area (TPSA) is 51.9 Å². The molecule has 0 aliphatic heterocycles. The van der Waals surface area contributed by atoms with Crippen LogP contribution < -0.4 is 15.1 Å². The third-order valence-electron chi connectivity index (χ3n) is 5.20. The van der Waals surface area contributed by atoms with Crippen molar-refractivity contribution >= 4 is 11.0 Å². The van der Waals surface area contributed by atoms with E-state index < -0.39 is 0 Å². The Morgan fingerprint density at radius 3 is 2.41 bits per heavy atom. The van der Waals surface area contributed by atoms with Crippen molar-refractivity contribution in [2.24, 2.45) is 0 Å². The molecule has 0 saturated heterocycles. The van der Waals surface area contributed by atoms with Crippen LogP contribution in [0.25, 0.3) is 11.0 Å². The summed E-state index contributed by atoms with van der Waals surface area (Å²) in [5, 5.41) is 0.989. The highest BCUT2D eigenvalue weighted by Crippen LogP contribution is 2.32. The maximum absolute atomic E-state index is 12.1. The van der Waals surface area contributed by atoms with Crippen LogP contribution in [0.1, 0.15) is 42.0 Å². The lowest BCUT2D eigenvalue weighted by atomic mass is 9.95. The van der Waals surface area contributed by atoms with Crippen molar-refractivity contribution in [3.63, 3.8) is 0 Å². The normalized spacial score (nSPS) is 11.4. The molecule has 0 saturated carbocycles. The fourth-order valence-corrected chi connectivity index (χ4v) is 3.86. The zero-order valence-corrected chi connectivity index (χ0v) is 18.0. The lowest BCUT2D eigenvalue weighted by Crippen LogP contribution is -2.19. The average Bonchev–Trinajstić information content (AvgIpc) is 2.66. The van der Waals surface area contributed by atoms with Gasteiger partial charge in [-0.15, -0.1) is 0 Å². The molecule has 0 spiro atoms. The van der Waals surface area contributed by atoms with Crippen LogP contribution >= 0.6 is 0 Å². The first-order valence-corrected chi connectivity index (χ1v) is 9.79. The number of hydrogen-bond donors (Lipinski definition) is 0. The molecule has 1 aromatic heterocycles. The summed E-state index contributed by atoms with van der Waals surface area (Å²) in [6.45, 7) is 7.68. The van der Waals surface area contributed by atoms with E-state index >= 15 is 0 Å². The number of fused-ring (bicyclic) bond motifs is 1. The van der Waals surface area contributed by atoms with Crippen molar-refractivity contribution in [3.8, 4) is 11.5 Å². The van der Waals surface area contributed by atoms with Crippen molar-refractivity contribution in [3.05, 3.63) is 69.1 Å². The molecule has 5 heteroatoms. The first-order chi connectivity index (χ1) is 13.8. The van der Waals surface area contributed by atoms with Gasteiger partial charge in [-0.1, -0.05) is 26.0 Å². The van der Waals surface area contributed by atoms with Crippen LogP contribution in [0.5, 0.6) is 11.5 Å². The van der Waals surface area contributed by atoms with Gasteiger partial charge in [0.05, 0.1) is 14.2 Å². The molecule has 0 radical (unpaired) electrons. The molecule has 3 aromatic rings. The van der Waals surface area contributed by atoms with Gasteiger partial charge in [-0.25, -0.2) is 4.79 Å². The van der Waals surface area contributed by atoms with Crippen LogP contribution in [-0.4, -0.2) is 26.2 Å². The van der Waals surface area contributed by atoms with Crippen LogP contribution in [0, 0.1) is 6.92 Å². The first kappa shape index (κ1) is 20.9. The van der Waals surface area contributed by atoms with E-state index in [1.807, 2.05) is 31.3 Å². The van der Waals surface area contributed by atoms with Crippen LogP contribution in [-0.2, 0) is 13.1 Å². The fourth-order valence-electron chi connectivity index (χ4n) is 3.86. The molecule has 0 amide bonds. The minimum Gasteiger partial charge on any atom is -0.493 e. The Balaban J connectivity index is 1.95. The summed E-state index contributed by atoms with van der Waals surface area (Å²) in [5.74, 6) is 1.84. The van der Waals surface area contributed by atoms with Crippen LogP contribution in [0.15, 0.2) is 45.6 Å². The van der Waals surface area contributed by atoms with E-state index in [0.29, 0.717) is 30.3 Å². The molecule has 0 atom stereocenters. The summed E-state index contributed by atoms with van der Waals surface area (Å²) in [4.78, 5) is 14.3. The number of methoxy groups -OCH3 is 2. The standard InChI is InChI=1S/C24H29NO4/c1-15(2)19-12-20-18(11-23(26)29-22(20)10-16(19)3)14-25(4)13-17-8-7-9-21(27-5)24(17)28-6/h7-12,15H,13-14H2,1-6H3. The summed E-state index contributed by atoms with van der Waals surface area (Å²) < 4.78 is 16.4. The zero-order valence-electron chi connectivity index (χ0n) is 18.0. The van der Waals surface area contributed by atoms with Gasteiger partial charge >= 0.3 is 5.63 Å². The molecule has 0 aliphatic carbocycles. The second kappa shape index (κ2) is 8.70. The minimum absolute atomic E-state index is 0.323. The molecular formula is C24H29NO4. The molecule has 2 aromatic carbocycles. The number of para-hydroxylation sites is 1. The summed E-state index contributed by atoms with van der Waals surface area (Å²) in [5.41, 5.74) is 4.72. The predicted octanol–water partition coefficient (Wildman–Crippen LogP) is 4.87. The van der Waals surface area contributed by atoms with Gasteiger partial charge in [0.15, 0.2) is 11.5 Å². The molecule has 154 valence electrons. The molecule has 0 aliphatic rings. The number of benzene rings is 2. The Bertz CT molecular complexity index is 1070. The van der Waals surface area contributed by atoms with E-state index in [9.17, 15) is 4.79 Å². The number of aryl methyl sites for hydroxylation is 1. The Morgan fingerprint density at radius 1 is 1.03 bits per heavy atom. The minimum atomic E-state index is -0.323. The average molecular weight is 395 g/mol. The van der Waals surface area contributed by atoms with E-state index in [-0.39, 0.29) is 5.63 Å². The van der Waals surface area contributed by atoms with Crippen molar-refractivity contribution < 1.29 is 13.9 Å². The van der Waals surface area contributed by atoms with Gasteiger partial charge < -0.3 is 13.9 Å². The maximum atomic E-state index is 12.1. The highest BCUT2D eigenvalue weighted by molar-refractivity contribution is 5.82. The maximum Gasteiger partial charge on any atom is 0.336 e. The van der Waals surface area contributed by atoms with Gasteiger partial charge in [0.1, 0.15) is 5.58 Å². The quantitative estimate of drug-likeness (QED) is 0.534. The number of hydrogen-bond acceptors (Lipinski definition) is 5.